The molecule has 0 spiro atoms. The third kappa shape index (κ3) is 3.64. The van der Waals surface area contributed by atoms with E-state index in [1.54, 1.807) is 0 Å². The van der Waals surface area contributed by atoms with Crippen LogP contribution in [0.25, 0.3) is 0 Å². The highest BCUT2D eigenvalue weighted by Gasteiger charge is 2.38. The molecule has 0 atom stereocenters. The van der Waals surface area contributed by atoms with E-state index >= 15 is 0 Å². The van der Waals surface area contributed by atoms with E-state index in [0.29, 0.717) is 5.41 Å². The van der Waals surface area contributed by atoms with Crippen LogP contribution in [-0.4, -0.2) is 10.7 Å². The van der Waals surface area contributed by atoms with Crippen molar-refractivity contribution in [3.05, 3.63) is 34.9 Å². The fraction of sp³-hybridized carbons (Fsp3) is 0.647. The van der Waals surface area contributed by atoms with Gasteiger partial charge in [0.1, 0.15) is 0 Å². The number of aryl methyl sites for hydroxylation is 2. The van der Waals surface area contributed by atoms with Gasteiger partial charge in [0.2, 0.25) is 0 Å². The Labute approximate surface area is 134 Å². The van der Waals surface area contributed by atoms with Gasteiger partial charge in [0.05, 0.1) is 0 Å². The van der Waals surface area contributed by atoms with Gasteiger partial charge in [-0.05, 0) is 50.0 Å². The summed E-state index contributed by atoms with van der Waals surface area (Å²) in [4.78, 5) is 0. The molecule has 0 aromatic heterocycles. The summed E-state index contributed by atoms with van der Waals surface area (Å²) >= 11 is 7.62. The van der Waals surface area contributed by atoms with E-state index in [0.717, 1.165) is 16.6 Å². The van der Waals surface area contributed by atoms with E-state index in [4.69, 9.17) is 0 Å². The number of halogens is 2. The normalized spacial score (nSPS) is 17.1. The molecule has 0 bridgehead atoms. The van der Waals surface area contributed by atoms with E-state index < -0.39 is 0 Å². The molecular formula is C17H24Br2. The number of benzene rings is 1. The standard InChI is InChI=1S/C17H24Br2/c1-13-7-14(2)9-15(8-13)10-17(11-18,12-19)16-5-3-4-6-16/h7-9,16H,3-6,10-12H2,1-2H3. The van der Waals surface area contributed by atoms with Crippen molar-refractivity contribution in [3.63, 3.8) is 0 Å². The Hall–Kier alpha value is 0.180. The van der Waals surface area contributed by atoms with Gasteiger partial charge >= 0.3 is 0 Å². The predicted octanol–water partition coefficient (Wildman–Crippen LogP) is 5.81. The zero-order valence-corrected chi connectivity index (χ0v) is 15.2. The Morgan fingerprint density at radius 1 is 1.00 bits per heavy atom. The second-order valence-electron chi connectivity index (χ2n) is 6.28. The summed E-state index contributed by atoms with van der Waals surface area (Å²) in [5.41, 5.74) is 4.67. The Morgan fingerprint density at radius 2 is 1.53 bits per heavy atom. The fourth-order valence-electron chi connectivity index (χ4n) is 3.61. The molecule has 1 aliphatic carbocycles. The maximum atomic E-state index is 3.81. The topological polar surface area (TPSA) is 0 Å². The van der Waals surface area contributed by atoms with Crippen molar-refractivity contribution in [2.75, 3.05) is 10.7 Å². The van der Waals surface area contributed by atoms with Crippen LogP contribution in [0.15, 0.2) is 18.2 Å². The Balaban J connectivity index is 2.24. The van der Waals surface area contributed by atoms with E-state index in [-0.39, 0.29) is 0 Å². The van der Waals surface area contributed by atoms with Gasteiger partial charge in [-0.3, -0.25) is 0 Å². The minimum Gasteiger partial charge on any atom is -0.0921 e. The lowest BCUT2D eigenvalue weighted by Crippen LogP contribution is -2.35. The minimum absolute atomic E-state index is 0.386. The highest BCUT2D eigenvalue weighted by molar-refractivity contribution is 9.09. The lowest BCUT2D eigenvalue weighted by atomic mass is 9.73. The number of hydrogen-bond donors (Lipinski definition) is 0. The molecule has 1 saturated carbocycles. The van der Waals surface area contributed by atoms with Crippen LogP contribution >= 0.6 is 31.9 Å². The smallest absolute Gasteiger partial charge is 0.0102 e. The van der Waals surface area contributed by atoms with Crippen LogP contribution in [0.3, 0.4) is 0 Å². The van der Waals surface area contributed by atoms with Gasteiger partial charge in [-0.2, -0.15) is 0 Å². The first-order valence-electron chi connectivity index (χ1n) is 7.29. The van der Waals surface area contributed by atoms with Crippen LogP contribution in [0, 0.1) is 25.2 Å². The summed E-state index contributed by atoms with van der Waals surface area (Å²) in [5, 5.41) is 2.20. The van der Waals surface area contributed by atoms with Crippen LogP contribution in [0.4, 0.5) is 0 Å². The zero-order chi connectivity index (χ0) is 13.9. The third-order valence-corrected chi connectivity index (χ3v) is 6.82. The van der Waals surface area contributed by atoms with Crippen molar-refractivity contribution >= 4 is 31.9 Å². The SMILES string of the molecule is Cc1cc(C)cc(CC(CBr)(CBr)C2CCCC2)c1. The molecule has 0 aliphatic heterocycles. The molecule has 106 valence electrons. The number of hydrogen-bond acceptors (Lipinski definition) is 0. The summed E-state index contributed by atoms with van der Waals surface area (Å²) in [5.74, 6) is 0.868. The van der Waals surface area contributed by atoms with Gasteiger partial charge in [-0.25, -0.2) is 0 Å². The third-order valence-electron chi connectivity index (χ3n) is 4.59. The maximum absolute atomic E-state index is 3.81. The maximum Gasteiger partial charge on any atom is 0.0102 e. The van der Waals surface area contributed by atoms with Gasteiger partial charge < -0.3 is 0 Å². The van der Waals surface area contributed by atoms with E-state index in [2.05, 4.69) is 63.9 Å². The fourth-order valence-corrected chi connectivity index (χ4v) is 5.85. The van der Waals surface area contributed by atoms with E-state index in [1.165, 1.54) is 48.8 Å². The first-order chi connectivity index (χ1) is 9.09. The van der Waals surface area contributed by atoms with Gasteiger partial charge in [-0.15, -0.1) is 0 Å². The van der Waals surface area contributed by atoms with Crippen LogP contribution in [0.1, 0.15) is 42.4 Å². The highest BCUT2D eigenvalue weighted by Crippen LogP contribution is 2.44. The van der Waals surface area contributed by atoms with Crippen molar-refractivity contribution in [1.29, 1.82) is 0 Å². The lowest BCUT2D eigenvalue weighted by Gasteiger charge is -2.36. The minimum atomic E-state index is 0.386. The van der Waals surface area contributed by atoms with Crippen molar-refractivity contribution in [2.24, 2.45) is 11.3 Å². The Kier molecular flexibility index (Phi) is 5.54. The average molecular weight is 388 g/mol. The quantitative estimate of drug-likeness (QED) is 0.559. The summed E-state index contributed by atoms with van der Waals surface area (Å²) in [7, 11) is 0. The van der Waals surface area contributed by atoms with Gasteiger partial charge in [0, 0.05) is 10.7 Å². The molecule has 0 nitrogen and oxygen atoms in total. The number of alkyl halides is 2. The van der Waals surface area contributed by atoms with Gasteiger partial charge in [0.25, 0.3) is 0 Å². The molecule has 0 radical (unpaired) electrons. The Bertz CT molecular complexity index is 395. The molecule has 2 rings (SSSR count). The van der Waals surface area contributed by atoms with Crippen molar-refractivity contribution in [3.8, 4) is 0 Å². The molecule has 1 aromatic rings. The molecule has 1 fully saturated rings. The van der Waals surface area contributed by atoms with Crippen LogP contribution < -0.4 is 0 Å². The average Bonchev–Trinajstić information content (AvgIpc) is 2.89. The molecule has 2 heteroatoms. The van der Waals surface area contributed by atoms with Crippen molar-refractivity contribution in [1.82, 2.24) is 0 Å². The highest BCUT2D eigenvalue weighted by atomic mass is 79.9. The second kappa shape index (κ2) is 6.76. The molecule has 0 amide bonds. The molecule has 1 aliphatic rings. The van der Waals surface area contributed by atoms with Crippen molar-refractivity contribution in [2.45, 2.75) is 46.0 Å². The van der Waals surface area contributed by atoms with Gasteiger partial charge in [-0.1, -0.05) is 74.0 Å². The Morgan fingerprint density at radius 3 is 2.00 bits per heavy atom. The van der Waals surface area contributed by atoms with Crippen molar-refractivity contribution < 1.29 is 0 Å². The van der Waals surface area contributed by atoms with Crippen LogP contribution in [0.5, 0.6) is 0 Å². The molecule has 1 aromatic carbocycles. The molecule has 19 heavy (non-hydrogen) atoms. The zero-order valence-electron chi connectivity index (χ0n) is 12.0. The molecule has 0 saturated heterocycles. The van der Waals surface area contributed by atoms with E-state index in [9.17, 15) is 0 Å². The molecule has 0 heterocycles. The van der Waals surface area contributed by atoms with E-state index in [1.807, 2.05) is 0 Å². The van der Waals surface area contributed by atoms with Gasteiger partial charge in [0.15, 0.2) is 0 Å². The molecule has 0 unspecified atom stereocenters. The lowest BCUT2D eigenvalue weighted by molar-refractivity contribution is 0.233. The first-order valence-corrected chi connectivity index (χ1v) is 9.53. The predicted molar refractivity (Wildman–Crippen MR) is 91.6 cm³/mol. The summed E-state index contributed by atoms with van der Waals surface area (Å²) in [6, 6.07) is 6.99. The van der Waals surface area contributed by atoms with Crippen LogP contribution in [-0.2, 0) is 6.42 Å². The monoisotopic (exact) mass is 386 g/mol. The largest absolute Gasteiger partial charge is 0.0921 e. The summed E-state index contributed by atoms with van der Waals surface area (Å²) < 4.78 is 0. The molecular weight excluding hydrogens is 364 g/mol. The number of rotatable bonds is 5. The molecule has 0 N–H and O–H groups in total. The second-order valence-corrected chi connectivity index (χ2v) is 7.41. The van der Waals surface area contributed by atoms with Crippen LogP contribution in [0.2, 0.25) is 0 Å². The summed E-state index contributed by atoms with van der Waals surface area (Å²) in [6.07, 6.45) is 6.83. The first kappa shape index (κ1) is 15.6. The summed E-state index contributed by atoms with van der Waals surface area (Å²) in [6.45, 7) is 4.41.